The first-order valence-corrected chi connectivity index (χ1v) is 6.57. The fraction of sp³-hybridized carbons (Fsp3) is 0.143. The number of Topliss-reactive ketones (excluding diaryl/α,β-unsaturated/α-hetero) is 1. The summed E-state index contributed by atoms with van der Waals surface area (Å²) in [5.74, 6) is -1.64. The molecule has 98 valence electrons. The second kappa shape index (κ2) is 5.24. The van der Waals surface area contributed by atoms with Crippen molar-refractivity contribution in [2.45, 2.75) is 12.5 Å². The first kappa shape index (κ1) is 13.3. The van der Waals surface area contributed by atoms with Crippen molar-refractivity contribution in [1.82, 2.24) is 0 Å². The van der Waals surface area contributed by atoms with E-state index in [1.165, 1.54) is 18.3 Å². The van der Waals surface area contributed by atoms with E-state index in [0.29, 0.717) is 10.6 Å². The maximum absolute atomic E-state index is 12.3. The van der Waals surface area contributed by atoms with E-state index in [1.54, 1.807) is 41.8 Å². The van der Waals surface area contributed by atoms with Gasteiger partial charge in [-0.3, -0.25) is 4.79 Å². The van der Waals surface area contributed by atoms with Crippen LogP contribution in [0.3, 0.4) is 0 Å². The van der Waals surface area contributed by atoms with Gasteiger partial charge in [0.05, 0.1) is 4.88 Å². The maximum Gasteiger partial charge on any atom is 0.337 e. The number of anilines is 1. The molecule has 1 heterocycles. The molecule has 4 nitrogen and oxygen atoms in total. The monoisotopic (exact) mass is 275 g/mol. The third kappa shape index (κ3) is 2.66. The lowest BCUT2D eigenvalue weighted by Crippen LogP contribution is -2.50. The molecule has 2 aromatic rings. The predicted octanol–water partition coefficient (Wildman–Crippen LogP) is 2.89. The number of rotatable bonds is 5. The van der Waals surface area contributed by atoms with E-state index in [4.69, 9.17) is 0 Å². The van der Waals surface area contributed by atoms with Crippen molar-refractivity contribution >= 4 is 28.8 Å². The van der Waals surface area contributed by atoms with Crippen molar-refractivity contribution in [3.05, 3.63) is 52.7 Å². The van der Waals surface area contributed by atoms with E-state index in [9.17, 15) is 14.7 Å². The molecule has 0 amide bonds. The Morgan fingerprint density at radius 1 is 1.16 bits per heavy atom. The lowest BCUT2D eigenvalue weighted by molar-refractivity contribution is -0.139. The van der Waals surface area contributed by atoms with Crippen LogP contribution in [0, 0.1) is 0 Å². The quantitative estimate of drug-likeness (QED) is 0.650. The van der Waals surface area contributed by atoms with E-state index in [2.05, 4.69) is 5.32 Å². The summed E-state index contributed by atoms with van der Waals surface area (Å²) in [5.41, 5.74) is -1.08. The Morgan fingerprint density at radius 3 is 2.37 bits per heavy atom. The zero-order valence-corrected chi connectivity index (χ0v) is 11.1. The summed E-state index contributed by atoms with van der Waals surface area (Å²) < 4.78 is 0. The lowest BCUT2D eigenvalue weighted by atomic mass is 9.95. The van der Waals surface area contributed by atoms with Gasteiger partial charge in [0, 0.05) is 5.69 Å². The van der Waals surface area contributed by atoms with Crippen LogP contribution < -0.4 is 5.32 Å². The van der Waals surface area contributed by atoms with Gasteiger partial charge in [-0.2, -0.15) is 0 Å². The average Bonchev–Trinajstić information content (AvgIpc) is 2.92. The molecule has 2 N–H and O–H groups in total. The number of para-hydroxylation sites is 1. The van der Waals surface area contributed by atoms with Gasteiger partial charge >= 0.3 is 5.97 Å². The minimum atomic E-state index is -1.67. The number of hydrogen-bond donors (Lipinski definition) is 2. The molecule has 0 radical (unpaired) electrons. The standard InChI is InChI=1S/C14H13NO3S/c1-14(13(17)18,12(16)11-8-5-9-19-11)15-10-6-3-2-4-7-10/h2-9,15H,1H3,(H,17,18). The first-order valence-electron chi connectivity index (χ1n) is 5.69. The van der Waals surface area contributed by atoms with Crippen molar-refractivity contribution in [3.8, 4) is 0 Å². The van der Waals surface area contributed by atoms with Crippen LogP contribution in [-0.2, 0) is 4.79 Å². The van der Waals surface area contributed by atoms with Gasteiger partial charge in [-0.15, -0.1) is 11.3 Å². The summed E-state index contributed by atoms with van der Waals surface area (Å²) in [7, 11) is 0. The second-order valence-corrected chi connectivity index (χ2v) is 5.18. The molecule has 1 atom stereocenters. The average molecular weight is 275 g/mol. The summed E-state index contributed by atoms with van der Waals surface area (Å²) in [6.45, 7) is 1.38. The largest absolute Gasteiger partial charge is 0.479 e. The van der Waals surface area contributed by atoms with Crippen molar-refractivity contribution < 1.29 is 14.7 Å². The number of carbonyl (C=O) groups excluding carboxylic acids is 1. The molecule has 2 rings (SSSR count). The number of carboxylic acids is 1. The van der Waals surface area contributed by atoms with Crippen molar-refractivity contribution in [1.29, 1.82) is 0 Å². The third-order valence-corrected chi connectivity index (χ3v) is 3.66. The molecule has 0 saturated carbocycles. The molecule has 1 aromatic carbocycles. The molecular weight excluding hydrogens is 262 g/mol. The minimum Gasteiger partial charge on any atom is -0.479 e. The highest BCUT2D eigenvalue weighted by atomic mass is 32.1. The predicted molar refractivity (Wildman–Crippen MR) is 74.8 cm³/mol. The number of aliphatic carboxylic acids is 1. The molecule has 1 aromatic heterocycles. The molecule has 0 fully saturated rings. The number of carboxylic acid groups (broad SMARTS) is 1. The lowest BCUT2D eigenvalue weighted by Gasteiger charge is -2.25. The Morgan fingerprint density at radius 2 is 1.84 bits per heavy atom. The molecule has 0 bridgehead atoms. The van der Waals surface area contributed by atoms with Gasteiger partial charge in [-0.05, 0) is 30.5 Å². The molecule has 5 heteroatoms. The Labute approximate surface area is 114 Å². The van der Waals surface area contributed by atoms with Gasteiger partial charge in [-0.25, -0.2) is 4.79 Å². The van der Waals surface area contributed by atoms with Gasteiger partial charge in [0.25, 0.3) is 0 Å². The molecule has 0 aliphatic carbocycles. The van der Waals surface area contributed by atoms with Crippen LogP contribution in [0.15, 0.2) is 47.8 Å². The van der Waals surface area contributed by atoms with Crippen LogP contribution in [0.25, 0.3) is 0 Å². The number of benzene rings is 1. The Hall–Kier alpha value is -2.14. The Kier molecular flexibility index (Phi) is 3.66. The van der Waals surface area contributed by atoms with Crippen molar-refractivity contribution in [2.24, 2.45) is 0 Å². The van der Waals surface area contributed by atoms with E-state index in [0.717, 1.165) is 0 Å². The molecule has 19 heavy (non-hydrogen) atoms. The Balaban J connectivity index is 2.33. The van der Waals surface area contributed by atoms with Crippen molar-refractivity contribution in [3.63, 3.8) is 0 Å². The van der Waals surface area contributed by atoms with E-state index in [1.807, 2.05) is 6.07 Å². The summed E-state index contributed by atoms with van der Waals surface area (Å²) in [5, 5.41) is 13.9. The fourth-order valence-electron chi connectivity index (χ4n) is 1.67. The number of hydrogen-bond acceptors (Lipinski definition) is 4. The molecular formula is C14H13NO3S. The SMILES string of the molecule is CC(Nc1ccccc1)(C(=O)O)C(=O)c1cccs1. The second-order valence-electron chi connectivity index (χ2n) is 4.23. The van der Waals surface area contributed by atoms with Gasteiger partial charge in [-0.1, -0.05) is 24.3 Å². The zero-order chi connectivity index (χ0) is 13.9. The van der Waals surface area contributed by atoms with E-state index < -0.39 is 17.3 Å². The number of thiophene rings is 1. The molecule has 0 aliphatic heterocycles. The van der Waals surface area contributed by atoms with E-state index in [-0.39, 0.29) is 0 Å². The molecule has 0 spiro atoms. The van der Waals surface area contributed by atoms with Crippen LogP contribution in [0.2, 0.25) is 0 Å². The molecule has 0 saturated heterocycles. The number of ketones is 1. The minimum absolute atomic E-state index is 0.424. The Bertz CT molecular complexity index is 580. The van der Waals surface area contributed by atoms with Crippen LogP contribution in [0.1, 0.15) is 16.6 Å². The van der Waals surface area contributed by atoms with Crippen LogP contribution in [0.4, 0.5) is 5.69 Å². The fourth-order valence-corrected chi connectivity index (χ4v) is 2.44. The molecule has 0 aliphatic rings. The number of nitrogens with one attached hydrogen (secondary N) is 1. The van der Waals surface area contributed by atoms with Crippen LogP contribution in [-0.4, -0.2) is 22.4 Å². The number of carbonyl (C=O) groups is 2. The highest BCUT2D eigenvalue weighted by Crippen LogP contribution is 2.22. The maximum atomic E-state index is 12.3. The van der Waals surface area contributed by atoms with Gasteiger partial charge < -0.3 is 10.4 Å². The topological polar surface area (TPSA) is 66.4 Å². The molecule has 1 unspecified atom stereocenters. The normalized spacial score (nSPS) is 13.5. The van der Waals surface area contributed by atoms with Gasteiger partial charge in [0.15, 0.2) is 5.54 Å². The van der Waals surface area contributed by atoms with Gasteiger partial charge in [0.2, 0.25) is 5.78 Å². The summed E-state index contributed by atoms with van der Waals surface area (Å²) in [6.07, 6.45) is 0. The summed E-state index contributed by atoms with van der Waals surface area (Å²) in [4.78, 5) is 24.2. The highest BCUT2D eigenvalue weighted by molar-refractivity contribution is 7.12. The third-order valence-electron chi connectivity index (χ3n) is 2.79. The summed E-state index contributed by atoms with van der Waals surface area (Å²) >= 11 is 1.23. The highest BCUT2D eigenvalue weighted by Gasteiger charge is 2.42. The van der Waals surface area contributed by atoms with Crippen LogP contribution >= 0.6 is 11.3 Å². The smallest absolute Gasteiger partial charge is 0.337 e. The first-order chi connectivity index (χ1) is 9.04. The zero-order valence-electron chi connectivity index (χ0n) is 10.3. The van der Waals surface area contributed by atoms with E-state index >= 15 is 0 Å². The van der Waals surface area contributed by atoms with Crippen LogP contribution in [0.5, 0.6) is 0 Å². The van der Waals surface area contributed by atoms with Gasteiger partial charge in [0.1, 0.15) is 0 Å². The summed E-state index contributed by atoms with van der Waals surface area (Å²) in [6, 6.07) is 12.2. The van der Waals surface area contributed by atoms with Crippen molar-refractivity contribution in [2.75, 3.05) is 5.32 Å².